The summed E-state index contributed by atoms with van der Waals surface area (Å²) in [6.45, 7) is 4.61. The van der Waals surface area contributed by atoms with Crippen molar-refractivity contribution in [1.82, 2.24) is 4.90 Å². The number of amides is 2. The van der Waals surface area contributed by atoms with Crippen LogP contribution >= 0.6 is 0 Å². The summed E-state index contributed by atoms with van der Waals surface area (Å²) in [7, 11) is 3.01. The third-order valence-electron chi connectivity index (χ3n) is 2.90. The van der Waals surface area contributed by atoms with E-state index in [9.17, 15) is 9.59 Å². The Balaban J connectivity index is 2.91. The largest absolute Gasteiger partial charge is 0.497 e. The van der Waals surface area contributed by atoms with E-state index >= 15 is 0 Å². The molecule has 0 unspecified atom stereocenters. The molecule has 0 saturated carbocycles. The topological polar surface area (TPSA) is 67.9 Å². The van der Waals surface area contributed by atoms with Crippen molar-refractivity contribution in [3.63, 3.8) is 0 Å². The molecule has 0 radical (unpaired) electrons. The van der Waals surface area contributed by atoms with Crippen molar-refractivity contribution in [3.05, 3.63) is 18.2 Å². The van der Waals surface area contributed by atoms with Crippen molar-refractivity contribution >= 4 is 17.5 Å². The molecule has 0 aliphatic rings. The quantitative estimate of drug-likeness (QED) is 0.830. The second-order valence-corrected chi connectivity index (χ2v) is 4.00. The number of nitrogens with one attached hydrogen (secondary N) is 1. The molecule has 1 rings (SSSR count). The van der Waals surface area contributed by atoms with Crippen molar-refractivity contribution in [2.45, 2.75) is 13.8 Å². The minimum absolute atomic E-state index is 0.400. The first kappa shape index (κ1) is 15.8. The number of carbonyl (C=O) groups is 2. The highest BCUT2D eigenvalue weighted by molar-refractivity contribution is 6.39. The Kier molecular flexibility index (Phi) is 5.83. The molecule has 0 saturated heterocycles. The Labute approximate surface area is 118 Å². The van der Waals surface area contributed by atoms with E-state index in [0.29, 0.717) is 30.3 Å². The zero-order chi connectivity index (χ0) is 15.1. The van der Waals surface area contributed by atoms with Crippen molar-refractivity contribution in [2.24, 2.45) is 0 Å². The average Bonchev–Trinajstić information content (AvgIpc) is 2.48. The summed E-state index contributed by atoms with van der Waals surface area (Å²) in [6.07, 6.45) is 0. The third-order valence-corrected chi connectivity index (χ3v) is 2.90. The highest BCUT2D eigenvalue weighted by atomic mass is 16.5. The van der Waals surface area contributed by atoms with E-state index in [4.69, 9.17) is 9.47 Å². The normalized spacial score (nSPS) is 9.80. The number of carbonyl (C=O) groups excluding carboxylic acids is 2. The van der Waals surface area contributed by atoms with Gasteiger partial charge in [-0.05, 0) is 26.0 Å². The van der Waals surface area contributed by atoms with Gasteiger partial charge >= 0.3 is 11.8 Å². The minimum atomic E-state index is -0.694. The summed E-state index contributed by atoms with van der Waals surface area (Å²) in [5, 5.41) is 2.55. The summed E-state index contributed by atoms with van der Waals surface area (Å²) >= 11 is 0. The number of anilines is 1. The number of nitrogens with zero attached hydrogens (tertiary/aromatic N) is 1. The van der Waals surface area contributed by atoms with Crippen LogP contribution in [0.3, 0.4) is 0 Å². The molecular formula is C14H20N2O4. The van der Waals surface area contributed by atoms with Gasteiger partial charge in [-0.15, -0.1) is 0 Å². The average molecular weight is 280 g/mol. The summed E-state index contributed by atoms with van der Waals surface area (Å²) in [4.78, 5) is 25.3. The number of benzene rings is 1. The lowest BCUT2D eigenvalue weighted by Gasteiger charge is -2.18. The lowest BCUT2D eigenvalue weighted by Crippen LogP contribution is -2.39. The second-order valence-electron chi connectivity index (χ2n) is 4.00. The first-order valence-electron chi connectivity index (χ1n) is 6.39. The van der Waals surface area contributed by atoms with Gasteiger partial charge in [0.2, 0.25) is 0 Å². The van der Waals surface area contributed by atoms with E-state index in [1.807, 2.05) is 13.8 Å². The standard InChI is InChI=1S/C14H20N2O4/c1-5-16(6-2)14(18)13(17)15-11-9-10(19-3)7-8-12(11)20-4/h7-9H,5-6H2,1-4H3,(H,15,17). The molecule has 0 spiro atoms. The number of hydrogen-bond donors (Lipinski definition) is 1. The van der Waals surface area contributed by atoms with Crippen LogP contribution in [0.5, 0.6) is 11.5 Å². The summed E-state index contributed by atoms with van der Waals surface area (Å²) in [6, 6.07) is 4.98. The van der Waals surface area contributed by atoms with Crippen LogP contribution in [0, 0.1) is 0 Å². The molecule has 1 aromatic rings. The zero-order valence-corrected chi connectivity index (χ0v) is 12.2. The van der Waals surface area contributed by atoms with Crippen LogP contribution in [0.4, 0.5) is 5.69 Å². The molecule has 2 amide bonds. The minimum Gasteiger partial charge on any atom is -0.497 e. The molecular weight excluding hydrogens is 260 g/mol. The molecule has 0 heterocycles. The van der Waals surface area contributed by atoms with Gasteiger partial charge in [0.05, 0.1) is 19.9 Å². The van der Waals surface area contributed by atoms with Crippen LogP contribution in [0.25, 0.3) is 0 Å². The van der Waals surface area contributed by atoms with Crippen molar-refractivity contribution in [1.29, 1.82) is 0 Å². The van der Waals surface area contributed by atoms with Crippen molar-refractivity contribution < 1.29 is 19.1 Å². The molecule has 0 aliphatic heterocycles. The van der Waals surface area contributed by atoms with E-state index < -0.39 is 11.8 Å². The zero-order valence-electron chi connectivity index (χ0n) is 12.2. The van der Waals surface area contributed by atoms with Gasteiger partial charge in [-0.3, -0.25) is 9.59 Å². The third kappa shape index (κ3) is 3.63. The number of hydrogen-bond acceptors (Lipinski definition) is 4. The summed E-state index contributed by atoms with van der Waals surface area (Å²) in [5.74, 6) is -0.233. The molecule has 110 valence electrons. The fourth-order valence-electron chi connectivity index (χ4n) is 1.74. The van der Waals surface area contributed by atoms with Gasteiger partial charge in [-0.25, -0.2) is 0 Å². The van der Waals surface area contributed by atoms with Gasteiger partial charge in [0, 0.05) is 19.2 Å². The van der Waals surface area contributed by atoms with Crippen LogP contribution in [-0.4, -0.2) is 44.0 Å². The second kappa shape index (κ2) is 7.37. The Hall–Kier alpha value is -2.24. The van der Waals surface area contributed by atoms with Gasteiger partial charge in [0.1, 0.15) is 11.5 Å². The molecule has 6 heteroatoms. The molecule has 1 N–H and O–H groups in total. The molecule has 0 fully saturated rings. The van der Waals surface area contributed by atoms with Crippen LogP contribution in [0.1, 0.15) is 13.8 Å². The van der Waals surface area contributed by atoms with Crippen LogP contribution in [-0.2, 0) is 9.59 Å². The van der Waals surface area contributed by atoms with Crippen molar-refractivity contribution in [2.75, 3.05) is 32.6 Å². The predicted molar refractivity (Wildman–Crippen MR) is 76.1 cm³/mol. The molecule has 1 aromatic carbocycles. The molecule has 6 nitrogen and oxygen atoms in total. The van der Waals surface area contributed by atoms with Gasteiger partial charge in [-0.1, -0.05) is 0 Å². The molecule has 20 heavy (non-hydrogen) atoms. The Morgan fingerprint density at radius 1 is 1.15 bits per heavy atom. The van der Waals surface area contributed by atoms with E-state index in [2.05, 4.69) is 5.32 Å². The predicted octanol–water partition coefficient (Wildman–Crippen LogP) is 1.51. The number of ether oxygens (including phenoxy) is 2. The highest BCUT2D eigenvalue weighted by Gasteiger charge is 2.20. The molecule has 0 atom stereocenters. The fraction of sp³-hybridized carbons (Fsp3) is 0.429. The first-order valence-corrected chi connectivity index (χ1v) is 6.39. The van der Waals surface area contributed by atoms with E-state index in [1.165, 1.54) is 19.1 Å². The monoisotopic (exact) mass is 280 g/mol. The fourth-order valence-corrected chi connectivity index (χ4v) is 1.74. The van der Waals surface area contributed by atoms with E-state index in [-0.39, 0.29) is 0 Å². The maximum absolute atomic E-state index is 11.9. The maximum atomic E-state index is 11.9. The van der Waals surface area contributed by atoms with Crippen LogP contribution < -0.4 is 14.8 Å². The number of likely N-dealkylation sites (N-methyl/N-ethyl adjacent to an activating group) is 1. The van der Waals surface area contributed by atoms with E-state index in [1.54, 1.807) is 18.2 Å². The Morgan fingerprint density at radius 2 is 1.80 bits per heavy atom. The first-order chi connectivity index (χ1) is 9.57. The smallest absolute Gasteiger partial charge is 0.314 e. The summed E-state index contributed by atoms with van der Waals surface area (Å²) in [5.41, 5.74) is 0.400. The Bertz CT molecular complexity index is 484. The van der Waals surface area contributed by atoms with Gasteiger partial charge in [-0.2, -0.15) is 0 Å². The van der Waals surface area contributed by atoms with Gasteiger partial charge in [0.25, 0.3) is 0 Å². The Morgan fingerprint density at radius 3 is 2.30 bits per heavy atom. The lowest BCUT2D eigenvalue weighted by molar-refractivity contribution is -0.142. The number of rotatable bonds is 5. The SMILES string of the molecule is CCN(CC)C(=O)C(=O)Nc1cc(OC)ccc1OC. The summed E-state index contributed by atoms with van der Waals surface area (Å²) < 4.78 is 10.2. The van der Waals surface area contributed by atoms with Gasteiger partial charge < -0.3 is 19.7 Å². The highest BCUT2D eigenvalue weighted by Crippen LogP contribution is 2.28. The molecule has 0 bridgehead atoms. The maximum Gasteiger partial charge on any atom is 0.314 e. The van der Waals surface area contributed by atoms with E-state index in [0.717, 1.165) is 0 Å². The van der Waals surface area contributed by atoms with Gasteiger partial charge in [0.15, 0.2) is 0 Å². The molecule has 0 aromatic heterocycles. The van der Waals surface area contributed by atoms with Crippen LogP contribution in [0.15, 0.2) is 18.2 Å². The lowest BCUT2D eigenvalue weighted by atomic mass is 10.2. The molecule has 0 aliphatic carbocycles. The van der Waals surface area contributed by atoms with Crippen LogP contribution in [0.2, 0.25) is 0 Å². The van der Waals surface area contributed by atoms with Crippen molar-refractivity contribution in [3.8, 4) is 11.5 Å². The number of methoxy groups -OCH3 is 2.